The summed E-state index contributed by atoms with van der Waals surface area (Å²) >= 11 is 0. The molecule has 1 saturated heterocycles. The standard InChI is InChI=1S/C19H22N6O/c20-19-16(9-17(23-24-19)15-3-1-2-4-18(15)26)14-10-22-25(12-14)11-13-5-7-21-8-6-13/h1-4,9-10,12-13,21,26H,5-8,11H2,(H2,20,24). The van der Waals surface area contributed by atoms with E-state index in [0.29, 0.717) is 23.0 Å². The molecule has 0 spiro atoms. The highest BCUT2D eigenvalue weighted by Crippen LogP contribution is 2.32. The molecule has 1 aliphatic heterocycles. The maximum atomic E-state index is 10.1. The Hall–Kier alpha value is -2.93. The maximum Gasteiger partial charge on any atom is 0.154 e. The van der Waals surface area contributed by atoms with Crippen LogP contribution in [0.15, 0.2) is 42.7 Å². The molecule has 4 N–H and O–H groups in total. The van der Waals surface area contributed by atoms with Gasteiger partial charge in [0.15, 0.2) is 5.82 Å². The van der Waals surface area contributed by atoms with Gasteiger partial charge in [0.1, 0.15) is 5.75 Å². The van der Waals surface area contributed by atoms with E-state index in [-0.39, 0.29) is 5.75 Å². The van der Waals surface area contributed by atoms with E-state index in [4.69, 9.17) is 5.73 Å². The Bertz CT molecular complexity index is 901. The number of phenolic OH excluding ortho intramolecular Hbond substituents is 1. The van der Waals surface area contributed by atoms with Gasteiger partial charge in [0.25, 0.3) is 0 Å². The van der Waals surface area contributed by atoms with Gasteiger partial charge in [0.05, 0.1) is 11.9 Å². The largest absolute Gasteiger partial charge is 0.507 e. The number of nitrogens with zero attached hydrogens (tertiary/aromatic N) is 4. The number of benzene rings is 1. The van der Waals surface area contributed by atoms with E-state index < -0.39 is 0 Å². The molecule has 1 aromatic carbocycles. The van der Waals surface area contributed by atoms with Crippen LogP contribution in [0.5, 0.6) is 5.75 Å². The molecule has 134 valence electrons. The summed E-state index contributed by atoms with van der Waals surface area (Å²) in [6.07, 6.45) is 6.16. The van der Waals surface area contributed by atoms with Crippen LogP contribution < -0.4 is 11.1 Å². The lowest BCUT2D eigenvalue weighted by molar-refractivity contribution is 0.321. The molecule has 0 bridgehead atoms. The lowest BCUT2D eigenvalue weighted by Crippen LogP contribution is -2.29. The molecule has 3 heterocycles. The number of anilines is 1. The van der Waals surface area contributed by atoms with Crippen LogP contribution in [0.3, 0.4) is 0 Å². The highest BCUT2D eigenvalue weighted by atomic mass is 16.3. The molecule has 26 heavy (non-hydrogen) atoms. The molecule has 7 nitrogen and oxygen atoms in total. The smallest absolute Gasteiger partial charge is 0.154 e. The quantitative estimate of drug-likeness (QED) is 0.667. The fourth-order valence-electron chi connectivity index (χ4n) is 3.39. The van der Waals surface area contributed by atoms with E-state index in [2.05, 4.69) is 20.6 Å². The fourth-order valence-corrected chi connectivity index (χ4v) is 3.39. The lowest BCUT2D eigenvalue weighted by Gasteiger charge is -2.22. The molecule has 3 aromatic rings. The third kappa shape index (κ3) is 3.39. The highest BCUT2D eigenvalue weighted by Gasteiger charge is 2.16. The summed E-state index contributed by atoms with van der Waals surface area (Å²) in [5.41, 5.74) is 8.94. The van der Waals surface area contributed by atoms with Crippen LogP contribution in [-0.4, -0.2) is 38.2 Å². The minimum atomic E-state index is 0.166. The second-order valence-electron chi connectivity index (χ2n) is 6.69. The number of aromatic nitrogens is 4. The second-order valence-corrected chi connectivity index (χ2v) is 6.69. The average molecular weight is 350 g/mol. The summed E-state index contributed by atoms with van der Waals surface area (Å²) < 4.78 is 1.98. The SMILES string of the molecule is Nc1nnc(-c2ccccc2O)cc1-c1cnn(CC2CCNCC2)c1. The van der Waals surface area contributed by atoms with Gasteiger partial charge in [-0.25, -0.2) is 0 Å². The van der Waals surface area contributed by atoms with Crippen LogP contribution in [0.25, 0.3) is 22.4 Å². The zero-order chi connectivity index (χ0) is 17.9. The fraction of sp³-hybridized carbons (Fsp3) is 0.316. The van der Waals surface area contributed by atoms with Crippen molar-refractivity contribution in [3.05, 3.63) is 42.7 Å². The molecule has 0 atom stereocenters. The van der Waals surface area contributed by atoms with E-state index in [1.165, 1.54) is 12.8 Å². The molecule has 0 amide bonds. The Balaban J connectivity index is 1.61. The van der Waals surface area contributed by atoms with E-state index in [1.54, 1.807) is 18.2 Å². The predicted molar refractivity (Wildman–Crippen MR) is 100 cm³/mol. The van der Waals surface area contributed by atoms with Gasteiger partial charge in [-0.15, -0.1) is 10.2 Å². The molecule has 2 aromatic heterocycles. The van der Waals surface area contributed by atoms with Crippen molar-refractivity contribution >= 4 is 5.82 Å². The molecule has 0 unspecified atom stereocenters. The van der Waals surface area contributed by atoms with Gasteiger partial charge in [-0.3, -0.25) is 4.68 Å². The molecular formula is C19H22N6O. The zero-order valence-electron chi connectivity index (χ0n) is 14.5. The van der Waals surface area contributed by atoms with Gasteiger partial charge < -0.3 is 16.2 Å². The topological polar surface area (TPSA) is 102 Å². The van der Waals surface area contributed by atoms with E-state index in [1.807, 2.05) is 29.2 Å². The van der Waals surface area contributed by atoms with Crippen molar-refractivity contribution in [1.82, 2.24) is 25.3 Å². The Labute approximate surface area is 151 Å². The Morgan fingerprint density at radius 1 is 1.15 bits per heavy atom. The molecule has 0 aliphatic carbocycles. The van der Waals surface area contributed by atoms with Crippen molar-refractivity contribution in [3.63, 3.8) is 0 Å². The molecular weight excluding hydrogens is 328 g/mol. The number of hydrogen-bond acceptors (Lipinski definition) is 6. The van der Waals surface area contributed by atoms with Gasteiger partial charge in [0, 0.05) is 29.4 Å². The Morgan fingerprint density at radius 2 is 1.96 bits per heavy atom. The number of phenols is 1. The highest BCUT2D eigenvalue weighted by molar-refractivity contribution is 5.78. The van der Waals surface area contributed by atoms with Crippen LogP contribution >= 0.6 is 0 Å². The molecule has 4 rings (SSSR count). The number of aromatic hydroxyl groups is 1. The van der Waals surface area contributed by atoms with Crippen LogP contribution in [0.1, 0.15) is 12.8 Å². The summed E-state index contributed by atoms with van der Waals surface area (Å²) in [5.74, 6) is 1.17. The number of piperidine rings is 1. The first kappa shape index (κ1) is 16.5. The number of nitrogens with one attached hydrogen (secondary N) is 1. The number of rotatable bonds is 4. The van der Waals surface area contributed by atoms with Gasteiger partial charge >= 0.3 is 0 Å². The number of hydrogen-bond donors (Lipinski definition) is 3. The number of nitrogens with two attached hydrogens (primary N) is 1. The van der Waals surface area contributed by atoms with Gasteiger partial charge in [0.2, 0.25) is 0 Å². The lowest BCUT2D eigenvalue weighted by atomic mass is 9.98. The van der Waals surface area contributed by atoms with Crippen molar-refractivity contribution in [3.8, 4) is 28.1 Å². The molecule has 7 heteroatoms. The summed E-state index contributed by atoms with van der Waals surface area (Å²) in [7, 11) is 0. The van der Waals surface area contributed by atoms with Gasteiger partial charge in [-0.2, -0.15) is 5.10 Å². The van der Waals surface area contributed by atoms with Crippen molar-refractivity contribution < 1.29 is 5.11 Å². The average Bonchev–Trinajstić information content (AvgIpc) is 3.12. The third-order valence-electron chi connectivity index (χ3n) is 4.85. The molecule has 1 fully saturated rings. The third-order valence-corrected chi connectivity index (χ3v) is 4.85. The predicted octanol–water partition coefficient (Wildman–Crippen LogP) is 2.29. The van der Waals surface area contributed by atoms with E-state index >= 15 is 0 Å². The number of para-hydroxylation sites is 1. The minimum Gasteiger partial charge on any atom is -0.507 e. The molecule has 0 saturated carbocycles. The van der Waals surface area contributed by atoms with E-state index in [9.17, 15) is 5.11 Å². The van der Waals surface area contributed by atoms with Crippen molar-refractivity contribution in [2.75, 3.05) is 18.8 Å². The normalized spacial score (nSPS) is 15.2. The van der Waals surface area contributed by atoms with Crippen LogP contribution in [0, 0.1) is 5.92 Å². The van der Waals surface area contributed by atoms with E-state index in [0.717, 1.165) is 30.8 Å². The van der Waals surface area contributed by atoms with Crippen molar-refractivity contribution in [1.29, 1.82) is 0 Å². The van der Waals surface area contributed by atoms with Crippen molar-refractivity contribution in [2.24, 2.45) is 5.92 Å². The van der Waals surface area contributed by atoms with Gasteiger partial charge in [-0.1, -0.05) is 12.1 Å². The number of nitrogen functional groups attached to an aromatic ring is 1. The Morgan fingerprint density at radius 3 is 2.77 bits per heavy atom. The summed E-state index contributed by atoms with van der Waals surface area (Å²) in [4.78, 5) is 0. The van der Waals surface area contributed by atoms with Crippen LogP contribution in [0.2, 0.25) is 0 Å². The molecule has 1 aliphatic rings. The summed E-state index contributed by atoms with van der Waals surface area (Å²) in [6, 6.07) is 8.91. The van der Waals surface area contributed by atoms with Gasteiger partial charge in [-0.05, 0) is 50.0 Å². The van der Waals surface area contributed by atoms with Crippen LogP contribution in [0.4, 0.5) is 5.82 Å². The first-order chi connectivity index (χ1) is 12.7. The second kappa shape index (κ2) is 7.13. The zero-order valence-corrected chi connectivity index (χ0v) is 14.5. The summed E-state index contributed by atoms with van der Waals surface area (Å²) in [5, 5.41) is 26.1. The summed E-state index contributed by atoms with van der Waals surface area (Å²) in [6.45, 7) is 3.06. The molecule has 0 radical (unpaired) electrons. The van der Waals surface area contributed by atoms with Crippen LogP contribution in [-0.2, 0) is 6.54 Å². The van der Waals surface area contributed by atoms with Crippen molar-refractivity contribution in [2.45, 2.75) is 19.4 Å². The maximum absolute atomic E-state index is 10.1. The first-order valence-electron chi connectivity index (χ1n) is 8.86. The minimum absolute atomic E-state index is 0.166. The monoisotopic (exact) mass is 350 g/mol. The Kier molecular flexibility index (Phi) is 4.53. The first-order valence-corrected chi connectivity index (χ1v) is 8.86.